The first-order chi connectivity index (χ1) is 13.6. The molecule has 3 aliphatic rings. The SMILES string of the molecule is COCC(=O)N1CCC[C@H](c2cccc(N3CC4(CCOCC4)OC3=O)n2)C1. The van der Waals surface area contributed by atoms with Crippen molar-refractivity contribution >= 4 is 17.8 Å². The predicted molar refractivity (Wildman–Crippen MR) is 101 cm³/mol. The summed E-state index contributed by atoms with van der Waals surface area (Å²) in [7, 11) is 1.53. The second-order valence-electron chi connectivity index (χ2n) is 7.78. The van der Waals surface area contributed by atoms with Gasteiger partial charge in [0.15, 0.2) is 0 Å². The number of amides is 2. The minimum Gasteiger partial charge on any atom is -0.440 e. The van der Waals surface area contributed by atoms with Gasteiger partial charge in [0, 0.05) is 44.7 Å². The molecule has 3 fully saturated rings. The number of anilines is 1. The third-order valence-electron chi connectivity index (χ3n) is 5.87. The first-order valence-electron chi connectivity index (χ1n) is 9.92. The van der Waals surface area contributed by atoms with Crippen LogP contribution in [0.15, 0.2) is 18.2 Å². The number of aromatic nitrogens is 1. The number of pyridine rings is 1. The third-order valence-corrected chi connectivity index (χ3v) is 5.87. The maximum absolute atomic E-state index is 12.5. The van der Waals surface area contributed by atoms with Crippen molar-refractivity contribution in [2.75, 3.05) is 51.5 Å². The fourth-order valence-electron chi connectivity index (χ4n) is 4.28. The first-order valence-corrected chi connectivity index (χ1v) is 9.92. The number of nitrogens with zero attached hydrogens (tertiary/aromatic N) is 3. The average molecular weight is 389 g/mol. The van der Waals surface area contributed by atoms with Crippen LogP contribution in [0.1, 0.15) is 37.3 Å². The Morgan fingerprint density at radius 1 is 1.36 bits per heavy atom. The summed E-state index contributed by atoms with van der Waals surface area (Å²) in [4.78, 5) is 32.9. The number of rotatable bonds is 4. The molecule has 8 nitrogen and oxygen atoms in total. The molecule has 0 unspecified atom stereocenters. The van der Waals surface area contributed by atoms with Gasteiger partial charge in [0.05, 0.1) is 19.8 Å². The quantitative estimate of drug-likeness (QED) is 0.783. The molecule has 1 atom stereocenters. The molecule has 1 aromatic heterocycles. The molecule has 8 heteroatoms. The Hall–Kier alpha value is -2.19. The lowest BCUT2D eigenvalue weighted by Crippen LogP contribution is -2.41. The highest BCUT2D eigenvalue weighted by Gasteiger charge is 2.47. The van der Waals surface area contributed by atoms with Crippen LogP contribution >= 0.6 is 0 Å². The summed E-state index contributed by atoms with van der Waals surface area (Å²) in [6.07, 6.45) is 2.99. The summed E-state index contributed by atoms with van der Waals surface area (Å²) in [5.41, 5.74) is 0.453. The fraction of sp³-hybridized carbons (Fsp3) is 0.650. The number of hydrogen-bond acceptors (Lipinski definition) is 6. The van der Waals surface area contributed by atoms with Gasteiger partial charge in [-0.3, -0.25) is 9.69 Å². The second kappa shape index (κ2) is 8.05. The Bertz CT molecular complexity index is 734. The van der Waals surface area contributed by atoms with Crippen molar-refractivity contribution in [3.63, 3.8) is 0 Å². The highest BCUT2D eigenvalue weighted by atomic mass is 16.6. The summed E-state index contributed by atoms with van der Waals surface area (Å²) in [5.74, 6) is 0.782. The van der Waals surface area contributed by atoms with Gasteiger partial charge in [0.2, 0.25) is 5.91 Å². The van der Waals surface area contributed by atoms with E-state index in [1.54, 1.807) is 4.90 Å². The molecule has 4 heterocycles. The monoisotopic (exact) mass is 389 g/mol. The van der Waals surface area contributed by atoms with Crippen LogP contribution in [0, 0.1) is 0 Å². The fourth-order valence-corrected chi connectivity index (χ4v) is 4.28. The molecule has 3 saturated heterocycles. The summed E-state index contributed by atoms with van der Waals surface area (Å²) >= 11 is 0. The largest absolute Gasteiger partial charge is 0.440 e. The standard InChI is InChI=1S/C20H27N3O5/c1-26-13-18(24)22-9-3-4-15(12-22)16-5-2-6-17(21-16)23-14-20(28-19(23)25)7-10-27-11-8-20/h2,5-6,15H,3-4,7-14H2,1H3/t15-/m0/s1. The number of hydrogen-bond donors (Lipinski definition) is 0. The van der Waals surface area contributed by atoms with Crippen LogP contribution in [0.2, 0.25) is 0 Å². The maximum atomic E-state index is 12.5. The molecule has 0 radical (unpaired) electrons. The predicted octanol–water partition coefficient (Wildman–Crippen LogP) is 1.94. The molecule has 1 aromatic rings. The molecule has 0 N–H and O–H groups in total. The van der Waals surface area contributed by atoms with Crippen molar-refractivity contribution in [3.8, 4) is 0 Å². The lowest BCUT2D eigenvalue weighted by atomic mass is 9.94. The van der Waals surface area contributed by atoms with Crippen molar-refractivity contribution in [3.05, 3.63) is 23.9 Å². The summed E-state index contributed by atoms with van der Waals surface area (Å²) in [6.45, 7) is 3.22. The van der Waals surface area contributed by atoms with Gasteiger partial charge in [-0.1, -0.05) is 6.07 Å². The Balaban J connectivity index is 1.48. The molecule has 0 saturated carbocycles. The molecular weight excluding hydrogens is 362 g/mol. The van der Waals surface area contributed by atoms with Gasteiger partial charge in [-0.05, 0) is 25.0 Å². The van der Waals surface area contributed by atoms with Crippen LogP contribution < -0.4 is 4.90 Å². The zero-order valence-electron chi connectivity index (χ0n) is 16.3. The van der Waals surface area contributed by atoms with Crippen molar-refractivity contribution in [1.82, 2.24) is 9.88 Å². The average Bonchev–Trinajstić information content (AvgIpc) is 3.04. The zero-order chi connectivity index (χ0) is 19.6. The summed E-state index contributed by atoms with van der Waals surface area (Å²) in [6, 6.07) is 5.75. The smallest absolute Gasteiger partial charge is 0.416 e. The van der Waals surface area contributed by atoms with E-state index in [4.69, 9.17) is 19.2 Å². The second-order valence-corrected chi connectivity index (χ2v) is 7.78. The van der Waals surface area contributed by atoms with Crippen LogP contribution in [0.3, 0.4) is 0 Å². The van der Waals surface area contributed by atoms with Gasteiger partial charge in [-0.25, -0.2) is 9.78 Å². The van der Waals surface area contributed by atoms with Crippen LogP contribution in [-0.4, -0.2) is 74.1 Å². The van der Waals surface area contributed by atoms with E-state index in [-0.39, 0.29) is 24.5 Å². The molecule has 0 aromatic carbocycles. The topological polar surface area (TPSA) is 81.2 Å². The lowest BCUT2D eigenvalue weighted by Gasteiger charge is -2.32. The van der Waals surface area contributed by atoms with Crippen LogP contribution in [0.25, 0.3) is 0 Å². The molecule has 152 valence electrons. The highest BCUT2D eigenvalue weighted by Crippen LogP contribution is 2.35. The van der Waals surface area contributed by atoms with Crippen molar-refractivity contribution < 1.29 is 23.8 Å². The first kappa shape index (κ1) is 19.1. The minimum atomic E-state index is -0.457. The number of methoxy groups -OCH3 is 1. The number of carbonyl (C=O) groups excluding carboxylic acids is 2. The number of carbonyl (C=O) groups is 2. The Labute approximate surface area is 164 Å². The Kier molecular flexibility index (Phi) is 5.50. The van der Waals surface area contributed by atoms with Crippen molar-refractivity contribution in [2.45, 2.75) is 37.2 Å². The molecule has 4 rings (SSSR count). The van der Waals surface area contributed by atoms with Gasteiger partial charge in [0.1, 0.15) is 18.0 Å². The van der Waals surface area contributed by atoms with Gasteiger partial charge in [-0.15, -0.1) is 0 Å². The van der Waals surface area contributed by atoms with Gasteiger partial charge < -0.3 is 19.1 Å². The van der Waals surface area contributed by atoms with E-state index in [0.717, 1.165) is 25.1 Å². The summed E-state index contributed by atoms with van der Waals surface area (Å²) < 4.78 is 16.1. The van der Waals surface area contributed by atoms with Crippen LogP contribution in [-0.2, 0) is 19.0 Å². The molecule has 1 spiro atoms. The van der Waals surface area contributed by atoms with E-state index in [0.29, 0.717) is 45.0 Å². The third kappa shape index (κ3) is 3.84. The van der Waals surface area contributed by atoms with E-state index >= 15 is 0 Å². The highest BCUT2D eigenvalue weighted by molar-refractivity contribution is 5.89. The van der Waals surface area contributed by atoms with E-state index in [2.05, 4.69) is 0 Å². The molecule has 2 amide bonds. The molecule has 0 aliphatic carbocycles. The van der Waals surface area contributed by atoms with E-state index in [9.17, 15) is 9.59 Å². The molecular formula is C20H27N3O5. The minimum absolute atomic E-state index is 0.00735. The normalized spacial score (nSPS) is 24.5. The molecule has 0 bridgehead atoms. The van der Waals surface area contributed by atoms with Crippen LogP contribution in [0.5, 0.6) is 0 Å². The van der Waals surface area contributed by atoms with Gasteiger partial charge in [-0.2, -0.15) is 0 Å². The number of piperidine rings is 1. The van der Waals surface area contributed by atoms with E-state index in [1.807, 2.05) is 23.1 Å². The van der Waals surface area contributed by atoms with Crippen molar-refractivity contribution in [1.29, 1.82) is 0 Å². The molecule has 28 heavy (non-hydrogen) atoms. The Morgan fingerprint density at radius 3 is 2.96 bits per heavy atom. The van der Waals surface area contributed by atoms with Gasteiger partial charge in [0.25, 0.3) is 0 Å². The van der Waals surface area contributed by atoms with Crippen LogP contribution in [0.4, 0.5) is 10.6 Å². The summed E-state index contributed by atoms with van der Waals surface area (Å²) in [5, 5.41) is 0. The van der Waals surface area contributed by atoms with Gasteiger partial charge >= 0.3 is 6.09 Å². The maximum Gasteiger partial charge on any atom is 0.416 e. The number of ether oxygens (including phenoxy) is 3. The number of likely N-dealkylation sites (tertiary alicyclic amines) is 1. The van der Waals surface area contributed by atoms with Crippen molar-refractivity contribution in [2.24, 2.45) is 0 Å². The molecule has 3 aliphatic heterocycles. The van der Waals surface area contributed by atoms with E-state index in [1.165, 1.54) is 7.11 Å². The lowest BCUT2D eigenvalue weighted by molar-refractivity contribution is -0.136. The Morgan fingerprint density at radius 2 is 2.18 bits per heavy atom. The zero-order valence-corrected chi connectivity index (χ0v) is 16.3. The van der Waals surface area contributed by atoms with E-state index < -0.39 is 5.60 Å².